The van der Waals surface area contributed by atoms with Crippen LogP contribution >= 0.6 is 0 Å². The second-order valence-corrected chi connectivity index (χ2v) is 3.30. The summed E-state index contributed by atoms with van der Waals surface area (Å²) in [6.45, 7) is 3.10. The third kappa shape index (κ3) is 3.64. The molecule has 0 aliphatic heterocycles. The molecule has 0 radical (unpaired) electrons. The summed E-state index contributed by atoms with van der Waals surface area (Å²) in [4.78, 5) is 29.9. The highest BCUT2D eigenvalue weighted by Crippen LogP contribution is 2.11. The molecule has 0 saturated carbocycles. The van der Waals surface area contributed by atoms with Crippen molar-refractivity contribution >= 4 is 17.6 Å². The molecule has 0 aromatic carbocycles. The maximum absolute atomic E-state index is 11.3. The van der Waals surface area contributed by atoms with Crippen LogP contribution in [-0.4, -0.2) is 28.8 Å². The third-order valence-electron chi connectivity index (χ3n) is 1.70. The standard InChI is InChI=1S/C10H13N3O3/c1-6-4-9(16-3)13-10(11-6)12-8(15)5-7(2)14/h4H,5H2,1-3H3,(H,11,12,13,15). The summed E-state index contributed by atoms with van der Waals surface area (Å²) in [5, 5.41) is 2.43. The summed E-state index contributed by atoms with van der Waals surface area (Å²) in [7, 11) is 1.48. The Hall–Kier alpha value is -1.98. The minimum absolute atomic E-state index is 0.142. The fourth-order valence-corrected chi connectivity index (χ4v) is 1.10. The predicted molar refractivity (Wildman–Crippen MR) is 57.2 cm³/mol. The molecule has 0 saturated heterocycles. The van der Waals surface area contributed by atoms with E-state index in [-0.39, 0.29) is 18.2 Å². The molecule has 0 unspecified atom stereocenters. The van der Waals surface area contributed by atoms with Gasteiger partial charge in [-0.3, -0.25) is 14.9 Å². The van der Waals surface area contributed by atoms with Gasteiger partial charge in [0.25, 0.3) is 0 Å². The number of nitrogens with one attached hydrogen (secondary N) is 1. The van der Waals surface area contributed by atoms with Gasteiger partial charge in [0.2, 0.25) is 17.7 Å². The Kier molecular flexibility index (Phi) is 3.93. The molecule has 0 bridgehead atoms. The van der Waals surface area contributed by atoms with E-state index in [1.807, 2.05) is 0 Å². The number of methoxy groups -OCH3 is 1. The molecule has 1 aromatic rings. The van der Waals surface area contributed by atoms with E-state index in [1.54, 1.807) is 13.0 Å². The van der Waals surface area contributed by atoms with Gasteiger partial charge in [0, 0.05) is 11.8 Å². The van der Waals surface area contributed by atoms with Gasteiger partial charge in [-0.2, -0.15) is 4.98 Å². The lowest BCUT2D eigenvalue weighted by atomic mass is 10.3. The van der Waals surface area contributed by atoms with Crippen molar-refractivity contribution in [1.29, 1.82) is 0 Å². The number of hydrogen-bond donors (Lipinski definition) is 1. The number of Topliss-reactive ketones (excluding diaryl/α,β-unsaturated/α-hetero) is 1. The van der Waals surface area contributed by atoms with Crippen LogP contribution in [0.5, 0.6) is 5.88 Å². The fraction of sp³-hybridized carbons (Fsp3) is 0.400. The van der Waals surface area contributed by atoms with Crippen molar-refractivity contribution in [2.24, 2.45) is 0 Å². The highest BCUT2D eigenvalue weighted by molar-refractivity contribution is 6.02. The van der Waals surface area contributed by atoms with Gasteiger partial charge in [0.05, 0.1) is 13.5 Å². The van der Waals surface area contributed by atoms with Crippen LogP contribution in [0.3, 0.4) is 0 Å². The highest BCUT2D eigenvalue weighted by atomic mass is 16.5. The number of aryl methyl sites for hydroxylation is 1. The number of ether oxygens (including phenoxy) is 1. The maximum atomic E-state index is 11.3. The van der Waals surface area contributed by atoms with Crippen molar-refractivity contribution in [1.82, 2.24) is 9.97 Å². The first-order valence-electron chi connectivity index (χ1n) is 4.70. The summed E-state index contributed by atoms with van der Waals surface area (Å²) >= 11 is 0. The van der Waals surface area contributed by atoms with Crippen molar-refractivity contribution in [3.63, 3.8) is 0 Å². The van der Waals surface area contributed by atoms with Crippen molar-refractivity contribution in [2.45, 2.75) is 20.3 Å². The van der Waals surface area contributed by atoms with Gasteiger partial charge >= 0.3 is 0 Å². The second-order valence-electron chi connectivity index (χ2n) is 3.30. The normalized spacial score (nSPS) is 9.69. The SMILES string of the molecule is COc1cc(C)nc(NC(=O)CC(C)=O)n1. The van der Waals surface area contributed by atoms with Crippen LogP contribution in [0.1, 0.15) is 19.0 Å². The van der Waals surface area contributed by atoms with Gasteiger partial charge in [-0.1, -0.05) is 0 Å². The Balaban J connectivity index is 2.76. The fourth-order valence-electron chi connectivity index (χ4n) is 1.10. The second kappa shape index (κ2) is 5.20. The van der Waals surface area contributed by atoms with E-state index >= 15 is 0 Å². The minimum Gasteiger partial charge on any atom is -0.481 e. The molecule has 86 valence electrons. The van der Waals surface area contributed by atoms with Crippen molar-refractivity contribution < 1.29 is 14.3 Å². The Morgan fingerprint density at radius 1 is 1.44 bits per heavy atom. The third-order valence-corrected chi connectivity index (χ3v) is 1.70. The van der Waals surface area contributed by atoms with Crippen molar-refractivity contribution in [3.05, 3.63) is 11.8 Å². The van der Waals surface area contributed by atoms with E-state index in [2.05, 4.69) is 15.3 Å². The smallest absolute Gasteiger partial charge is 0.234 e. The van der Waals surface area contributed by atoms with Crippen LogP contribution < -0.4 is 10.1 Å². The molecule has 0 aliphatic rings. The zero-order chi connectivity index (χ0) is 12.1. The summed E-state index contributed by atoms with van der Waals surface area (Å²) < 4.78 is 4.93. The van der Waals surface area contributed by atoms with E-state index in [1.165, 1.54) is 14.0 Å². The molecule has 1 rings (SSSR count). The lowest BCUT2D eigenvalue weighted by Gasteiger charge is -2.05. The summed E-state index contributed by atoms with van der Waals surface area (Å²) in [5.74, 6) is -0.133. The Morgan fingerprint density at radius 3 is 2.69 bits per heavy atom. The largest absolute Gasteiger partial charge is 0.481 e. The molecule has 0 spiro atoms. The first kappa shape index (κ1) is 12.1. The van der Waals surface area contributed by atoms with Crippen LogP contribution in [0.25, 0.3) is 0 Å². The summed E-state index contributed by atoms with van der Waals surface area (Å²) in [5.41, 5.74) is 0.671. The summed E-state index contributed by atoms with van der Waals surface area (Å²) in [6, 6.07) is 1.64. The Labute approximate surface area is 93.0 Å². The number of carbonyl (C=O) groups is 2. The Morgan fingerprint density at radius 2 is 2.12 bits per heavy atom. The molecule has 1 N–H and O–H groups in total. The molecular formula is C10H13N3O3. The van der Waals surface area contributed by atoms with Crippen LogP contribution in [0, 0.1) is 6.92 Å². The average Bonchev–Trinajstić information content (AvgIpc) is 2.14. The number of hydrogen-bond acceptors (Lipinski definition) is 5. The highest BCUT2D eigenvalue weighted by Gasteiger charge is 2.08. The van der Waals surface area contributed by atoms with Gasteiger partial charge in [0.1, 0.15) is 5.78 Å². The molecule has 0 atom stereocenters. The number of amides is 1. The molecule has 6 heteroatoms. The van der Waals surface area contributed by atoms with E-state index in [0.29, 0.717) is 11.6 Å². The lowest BCUT2D eigenvalue weighted by molar-refractivity contribution is -0.124. The first-order valence-corrected chi connectivity index (χ1v) is 4.70. The Bertz CT molecular complexity index is 418. The predicted octanol–water partition coefficient (Wildman–Crippen LogP) is 0.711. The van der Waals surface area contributed by atoms with E-state index < -0.39 is 5.91 Å². The number of anilines is 1. The lowest BCUT2D eigenvalue weighted by Crippen LogP contribution is -2.17. The van der Waals surface area contributed by atoms with E-state index in [4.69, 9.17) is 4.74 Å². The molecule has 0 fully saturated rings. The number of ketones is 1. The molecule has 1 amide bonds. The minimum atomic E-state index is -0.430. The monoisotopic (exact) mass is 223 g/mol. The number of nitrogens with zero attached hydrogens (tertiary/aromatic N) is 2. The molecular weight excluding hydrogens is 210 g/mol. The van der Waals surface area contributed by atoms with Crippen molar-refractivity contribution in [2.75, 3.05) is 12.4 Å². The van der Waals surface area contributed by atoms with Crippen LogP contribution in [-0.2, 0) is 9.59 Å². The number of rotatable bonds is 4. The molecule has 1 aromatic heterocycles. The quantitative estimate of drug-likeness (QED) is 0.760. The van der Waals surface area contributed by atoms with E-state index in [9.17, 15) is 9.59 Å². The van der Waals surface area contributed by atoms with Crippen LogP contribution in [0.2, 0.25) is 0 Å². The van der Waals surface area contributed by atoms with Crippen molar-refractivity contribution in [3.8, 4) is 5.88 Å². The molecule has 1 heterocycles. The van der Waals surface area contributed by atoms with Crippen LogP contribution in [0.15, 0.2) is 6.07 Å². The van der Waals surface area contributed by atoms with Crippen LogP contribution in [0.4, 0.5) is 5.95 Å². The number of carbonyl (C=O) groups excluding carboxylic acids is 2. The zero-order valence-electron chi connectivity index (χ0n) is 9.40. The molecule has 16 heavy (non-hydrogen) atoms. The molecule has 0 aliphatic carbocycles. The van der Waals surface area contributed by atoms with Gasteiger partial charge in [-0.05, 0) is 13.8 Å². The zero-order valence-corrected chi connectivity index (χ0v) is 9.40. The molecule has 6 nitrogen and oxygen atoms in total. The van der Waals surface area contributed by atoms with Gasteiger partial charge in [-0.15, -0.1) is 0 Å². The first-order chi connectivity index (χ1) is 7.51. The van der Waals surface area contributed by atoms with E-state index in [0.717, 1.165) is 0 Å². The van der Waals surface area contributed by atoms with Gasteiger partial charge in [0.15, 0.2) is 0 Å². The average molecular weight is 223 g/mol. The van der Waals surface area contributed by atoms with Gasteiger partial charge in [-0.25, -0.2) is 4.98 Å². The maximum Gasteiger partial charge on any atom is 0.234 e. The van der Waals surface area contributed by atoms with Gasteiger partial charge < -0.3 is 4.74 Å². The number of aromatic nitrogens is 2. The topological polar surface area (TPSA) is 81.2 Å². The summed E-state index contributed by atoms with van der Waals surface area (Å²) in [6.07, 6.45) is -0.181.